The zero-order valence-electron chi connectivity index (χ0n) is 9.40. The van der Waals surface area contributed by atoms with Gasteiger partial charge in [-0.15, -0.1) is 0 Å². The Balaban J connectivity index is 2.73. The second-order valence-corrected chi connectivity index (χ2v) is 3.53. The highest BCUT2D eigenvalue weighted by Crippen LogP contribution is 2.11. The van der Waals surface area contributed by atoms with Crippen molar-refractivity contribution in [2.45, 2.75) is 39.3 Å². The molecule has 0 amide bonds. The van der Waals surface area contributed by atoms with Crippen LogP contribution in [0.2, 0.25) is 0 Å². The second-order valence-electron chi connectivity index (χ2n) is 3.53. The number of nitrogens with zero attached hydrogens (tertiary/aromatic N) is 3. The van der Waals surface area contributed by atoms with Gasteiger partial charge in [0.1, 0.15) is 6.04 Å². The Kier molecular flexibility index (Phi) is 4.85. The Hall–Kier alpha value is -1.34. The first-order valence-corrected chi connectivity index (χ1v) is 5.46. The van der Waals surface area contributed by atoms with Crippen molar-refractivity contribution in [2.75, 3.05) is 6.54 Å². The lowest BCUT2D eigenvalue weighted by atomic mass is 10.2. The van der Waals surface area contributed by atoms with E-state index >= 15 is 0 Å². The van der Waals surface area contributed by atoms with E-state index in [9.17, 15) is 0 Å². The molecule has 4 nitrogen and oxygen atoms in total. The maximum atomic E-state index is 9.06. The average molecular weight is 206 g/mol. The zero-order chi connectivity index (χ0) is 11.1. The van der Waals surface area contributed by atoms with Gasteiger partial charge in [0.15, 0.2) is 0 Å². The van der Waals surface area contributed by atoms with Gasteiger partial charge in [-0.2, -0.15) is 5.26 Å². The molecule has 1 unspecified atom stereocenters. The van der Waals surface area contributed by atoms with Crippen molar-refractivity contribution in [2.24, 2.45) is 0 Å². The monoisotopic (exact) mass is 206 g/mol. The quantitative estimate of drug-likeness (QED) is 0.773. The minimum Gasteiger partial charge on any atom is -0.332 e. The molecule has 1 aromatic rings. The fourth-order valence-electron chi connectivity index (χ4n) is 1.50. The summed E-state index contributed by atoms with van der Waals surface area (Å²) < 4.78 is 2.04. The molecule has 1 rings (SSSR count). The van der Waals surface area contributed by atoms with Crippen LogP contribution in [-0.2, 0) is 6.54 Å². The normalized spacial score (nSPS) is 12.3. The van der Waals surface area contributed by atoms with E-state index in [1.54, 1.807) is 12.5 Å². The van der Waals surface area contributed by atoms with Crippen molar-refractivity contribution in [3.8, 4) is 6.07 Å². The summed E-state index contributed by atoms with van der Waals surface area (Å²) in [6.07, 6.45) is 5.64. The van der Waals surface area contributed by atoms with E-state index in [2.05, 4.69) is 30.2 Å². The molecular weight excluding hydrogens is 188 g/mol. The summed E-state index contributed by atoms with van der Waals surface area (Å²) in [4.78, 5) is 4.09. The Morgan fingerprint density at radius 3 is 2.93 bits per heavy atom. The molecule has 1 atom stereocenters. The second kappa shape index (κ2) is 6.20. The summed E-state index contributed by atoms with van der Waals surface area (Å²) in [5, 5.41) is 12.3. The van der Waals surface area contributed by atoms with Gasteiger partial charge in [-0.1, -0.05) is 13.8 Å². The molecule has 0 spiro atoms. The largest absolute Gasteiger partial charge is 0.332 e. The van der Waals surface area contributed by atoms with Gasteiger partial charge in [-0.05, 0) is 19.4 Å². The van der Waals surface area contributed by atoms with Crippen molar-refractivity contribution in [3.05, 3.63) is 18.2 Å². The lowest BCUT2D eigenvalue weighted by Crippen LogP contribution is -2.23. The molecular formula is C11H18N4. The number of nitriles is 1. The van der Waals surface area contributed by atoms with Crippen molar-refractivity contribution in [3.63, 3.8) is 0 Å². The topological polar surface area (TPSA) is 53.6 Å². The van der Waals surface area contributed by atoms with Crippen LogP contribution in [0.1, 0.15) is 38.4 Å². The Labute approximate surface area is 90.9 Å². The summed E-state index contributed by atoms with van der Waals surface area (Å²) >= 11 is 0. The van der Waals surface area contributed by atoms with Crippen LogP contribution >= 0.6 is 0 Å². The van der Waals surface area contributed by atoms with Crippen molar-refractivity contribution >= 4 is 0 Å². The molecule has 0 aliphatic heterocycles. The highest BCUT2D eigenvalue weighted by molar-refractivity contribution is 5.13. The van der Waals surface area contributed by atoms with Gasteiger partial charge in [0.25, 0.3) is 0 Å². The van der Waals surface area contributed by atoms with Gasteiger partial charge >= 0.3 is 0 Å². The minimum atomic E-state index is -0.237. The van der Waals surface area contributed by atoms with E-state index in [1.807, 2.05) is 4.57 Å². The van der Waals surface area contributed by atoms with Crippen LogP contribution in [0, 0.1) is 11.3 Å². The van der Waals surface area contributed by atoms with Crippen LogP contribution < -0.4 is 5.32 Å². The van der Waals surface area contributed by atoms with E-state index in [-0.39, 0.29) is 6.04 Å². The summed E-state index contributed by atoms with van der Waals surface area (Å²) in [5.74, 6) is 0. The van der Waals surface area contributed by atoms with Gasteiger partial charge in [-0.3, -0.25) is 5.32 Å². The summed E-state index contributed by atoms with van der Waals surface area (Å²) in [6.45, 7) is 5.98. The van der Waals surface area contributed by atoms with Crippen LogP contribution in [0.15, 0.2) is 12.5 Å². The molecule has 0 bridgehead atoms. The maximum Gasteiger partial charge on any atom is 0.138 e. The molecule has 1 aromatic heterocycles. The molecule has 0 saturated carbocycles. The molecule has 0 aromatic carbocycles. The molecule has 0 aliphatic rings. The number of aryl methyl sites for hydroxylation is 1. The zero-order valence-corrected chi connectivity index (χ0v) is 9.40. The summed E-state index contributed by atoms with van der Waals surface area (Å²) in [7, 11) is 0. The number of hydrogen-bond acceptors (Lipinski definition) is 3. The number of nitrogens with one attached hydrogen (secondary N) is 1. The number of rotatable bonds is 6. The van der Waals surface area contributed by atoms with E-state index in [0.29, 0.717) is 0 Å². The number of hydrogen-bond donors (Lipinski definition) is 1. The molecule has 1 heterocycles. The number of imidazole rings is 1. The van der Waals surface area contributed by atoms with E-state index < -0.39 is 0 Å². The highest BCUT2D eigenvalue weighted by Gasteiger charge is 2.13. The standard InChI is InChI=1S/C11H18N4/c1-3-5-14-10(7-12)11-8-13-9-15(11)6-4-2/h8-10,14H,3-6H2,1-2H3. The van der Waals surface area contributed by atoms with Crippen LogP contribution in [0.5, 0.6) is 0 Å². The van der Waals surface area contributed by atoms with Gasteiger partial charge in [-0.25, -0.2) is 4.98 Å². The fraction of sp³-hybridized carbons (Fsp3) is 0.636. The van der Waals surface area contributed by atoms with Crippen LogP contribution in [0.25, 0.3) is 0 Å². The van der Waals surface area contributed by atoms with E-state index in [0.717, 1.165) is 31.6 Å². The number of aromatic nitrogens is 2. The van der Waals surface area contributed by atoms with Gasteiger partial charge in [0, 0.05) is 6.54 Å². The first-order valence-electron chi connectivity index (χ1n) is 5.46. The maximum absolute atomic E-state index is 9.06. The first-order chi connectivity index (χ1) is 7.33. The SMILES string of the molecule is CCCNC(C#N)c1cncn1CCC. The molecule has 4 heteroatoms. The Morgan fingerprint density at radius 2 is 2.33 bits per heavy atom. The lowest BCUT2D eigenvalue weighted by molar-refractivity contribution is 0.560. The highest BCUT2D eigenvalue weighted by atomic mass is 15.1. The Bertz CT molecular complexity index is 324. The third-order valence-corrected chi connectivity index (χ3v) is 2.23. The first kappa shape index (κ1) is 11.7. The molecule has 0 saturated heterocycles. The predicted molar refractivity (Wildman–Crippen MR) is 59.2 cm³/mol. The van der Waals surface area contributed by atoms with Crippen molar-refractivity contribution in [1.82, 2.24) is 14.9 Å². The van der Waals surface area contributed by atoms with Gasteiger partial charge in [0.2, 0.25) is 0 Å². The molecule has 1 N–H and O–H groups in total. The predicted octanol–water partition coefficient (Wildman–Crippen LogP) is 1.86. The van der Waals surface area contributed by atoms with Gasteiger partial charge in [0.05, 0.1) is 24.3 Å². The molecule has 0 radical (unpaired) electrons. The average Bonchev–Trinajstić information content (AvgIpc) is 2.68. The summed E-state index contributed by atoms with van der Waals surface area (Å²) in [5.41, 5.74) is 0.966. The van der Waals surface area contributed by atoms with E-state index in [1.165, 1.54) is 0 Å². The minimum absolute atomic E-state index is 0.237. The van der Waals surface area contributed by atoms with Crippen molar-refractivity contribution < 1.29 is 0 Å². The molecule has 0 aliphatic carbocycles. The fourth-order valence-corrected chi connectivity index (χ4v) is 1.50. The van der Waals surface area contributed by atoms with Gasteiger partial charge < -0.3 is 4.57 Å². The van der Waals surface area contributed by atoms with Crippen molar-refractivity contribution in [1.29, 1.82) is 5.26 Å². The van der Waals surface area contributed by atoms with Crippen LogP contribution in [-0.4, -0.2) is 16.1 Å². The molecule has 15 heavy (non-hydrogen) atoms. The Morgan fingerprint density at radius 1 is 1.53 bits per heavy atom. The third kappa shape index (κ3) is 3.07. The third-order valence-electron chi connectivity index (χ3n) is 2.23. The summed E-state index contributed by atoms with van der Waals surface area (Å²) in [6, 6.07) is 2.03. The van der Waals surface area contributed by atoms with Crippen LogP contribution in [0.3, 0.4) is 0 Å². The smallest absolute Gasteiger partial charge is 0.138 e. The molecule has 82 valence electrons. The van der Waals surface area contributed by atoms with Crippen LogP contribution in [0.4, 0.5) is 0 Å². The van der Waals surface area contributed by atoms with E-state index in [4.69, 9.17) is 5.26 Å². The molecule has 0 fully saturated rings. The lowest BCUT2D eigenvalue weighted by Gasteiger charge is -2.13.